The predicted octanol–water partition coefficient (Wildman–Crippen LogP) is 3.73. The van der Waals surface area contributed by atoms with Crippen molar-refractivity contribution in [1.82, 2.24) is 9.55 Å². The van der Waals surface area contributed by atoms with Crippen molar-refractivity contribution in [2.45, 2.75) is 27.4 Å². The summed E-state index contributed by atoms with van der Waals surface area (Å²) >= 11 is 6.22. The van der Waals surface area contributed by atoms with Gasteiger partial charge in [0, 0.05) is 25.5 Å². The van der Waals surface area contributed by atoms with Crippen molar-refractivity contribution in [2.24, 2.45) is 0 Å². The van der Waals surface area contributed by atoms with Gasteiger partial charge in [-0.2, -0.15) is 4.98 Å². The molecule has 0 atom stereocenters. The third kappa shape index (κ3) is 4.12. The van der Waals surface area contributed by atoms with E-state index in [-0.39, 0.29) is 47.4 Å². The van der Waals surface area contributed by atoms with Gasteiger partial charge in [0.15, 0.2) is 5.02 Å². The summed E-state index contributed by atoms with van der Waals surface area (Å²) in [7, 11) is 0. The first kappa shape index (κ1) is 23.4. The van der Waals surface area contributed by atoms with E-state index in [1.54, 1.807) is 25.1 Å². The molecule has 2 aromatic carbocycles. The summed E-state index contributed by atoms with van der Waals surface area (Å²) in [6.07, 6.45) is 0. The second-order valence-corrected chi connectivity index (χ2v) is 8.03. The summed E-state index contributed by atoms with van der Waals surface area (Å²) in [5.41, 5.74) is 0.814. The number of hydrogen-bond donors (Lipinski definition) is 0. The van der Waals surface area contributed by atoms with Gasteiger partial charge >= 0.3 is 0 Å². The fraction of sp³-hybridized carbons (Fsp3) is 0.217. The standard InChI is InChI=1S/C23H19ClF2N4O4/c1-12-27-22(34-10-15-4-5-16(25)8-18(15)26)21(24)23(33)30(12)17-6-7-19-20(9-17)29(14(3)32)11-28(19)13(2)31/h4-9H,10-11H2,1-3H3. The van der Waals surface area contributed by atoms with Gasteiger partial charge in [-0.3, -0.25) is 28.8 Å². The molecule has 4 rings (SSSR count). The van der Waals surface area contributed by atoms with Gasteiger partial charge in [0.25, 0.3) is 5.56 Å². The molecule has 0 fully saturated rings. The third-order valence-corrected chi connectivity index (χ3v) is 5.71. The molecule has 34 heavy (non-hydrogen) atoms. The van der Waals surface area contributed by atoms with Crippen LogP contribution in [0.2, 0.25) is 5.02 Å². The molecule has 176 valence electrons. The molecule has 0 unspecified atom stereocenters. The van der Waals surface area contributed by atoms with Gasteiger partial charge in [-0.05, 0) is 37.3 Å². The highest BCUT2D eigenvalue weighted by Crippen LogP contribution is 2.38. The molecule has 1 aromatic heterocycles. The number of anilines is 2. The number of hydrogen-bond acceptors (Lipinski definition) is 5. The molecular formula is C23H19ClF2N4O4. The number of carbonyl (C=O) groups is 2. The highest BCUT2D eigenvalue weighted by atomic mass is 35.5. The van der Waals surface area contributed by atoms with Crippen molar-refractivity contribution >= 4 is 34.8 Å². The fourth-order valence-corrected chi connectivity index (χ4v) is 3.88. The molecule has 2 heterocycles. The highest BCUT2D eigenvalue weighted by molar-refractivity contribution is 6.31. The Morgan fingerprint density at radius 2 is 1.74 bits per heavy atom. The van der Waals surface area contributed by atoms with E-state index in [0.29, 0.717) is 17.1 Å². The van der Waals surface area contributed by atoms with Crippen LogP contribution in [0.4, 0.5) is 20.2 Å². The Morgan fingerprint density at radius 3 is 2.38 bits per heavy atom. The Labute approximate surface area is 197 Å². The van der Waals surface area contributed by atoms with E-state index < -0.39 is 17.2 Å². The zero-order valence-electron chi connectivity index (χ0n) is 18.4. The number of carbonyl (C=O) groups excluding carboxylic acids is 2. The molecular weight excluding hydrogens is 470 g/mol. The van der Waals surface area contributed by atoms with Crippen LogP contribution >= 0.6 is 11.6 Å². The summed E-state index contributed by atoms with van der Waals surface area (Å²) in [6, 6.07) is 7.88. The van der Waals surface area contributed by atoms with Gasteiger partial charge in [0.05, 0.1) is 17.1 Å². The molecule has 0 N–H and O–H groups in total. The van der Waals surface area contributed by atoms with Crippen LogP contribution in [0.5, 0.6) is 5.88 Å². The summed E-state index contributed by atoms with van der Waals surface area (Å²) in [5.74, 6) is -1.99. The SMILES string of the molecule is CC(=O)N1CN(C(C)=O)c2cc(-n3c(C)nc(OCc4ccc(F)cc4F)c(Cl)c3=O)ccc21. The Bertz CT molecular complexity index is 1390. The molecule has 0 saturated heterocycles. The lowest BCUT2D eigenvalue weighted by atomic mass is 10.2. The molecule has 11 heteroatoms. The predicted molar refractivity (Wildman–Crippen MR) is 121 cm³/mol. The number of aryl methyl sites for hydroxylation is 1. The second-order valence-electron chi connectivity index (χ2n) is 7.65. The Balaban J connectivity index is 1.70. The van der Waals surface area contributed by atoms with Crippen LogP contribution in [0.1, 0.15) is 25.2 Å². The molecule has 8 nitrogen and oxygen atoms in total. The molecule has 0 saturated carbocycles. The molecule has 0 spiro atoms. The normalized spacial score (nSPS) is 12.6. The number of rotatable bonds is 4. The largest absolute Gasteiger partial charge is 0.471 e. The second kappa shape index (κ2) is 8.86. The van der Waals surface area contributed by atoms with Crippen molar-refractivity contribution in [2.75, 3.05) is 16.5 Å². The van der Waals surface area contributed by atoms with Crippen LogP contribution in [-0.4, -0.2) is 28.0 Å². The maximum Gasteiger partial charge on any atom is 0.280 e. The lowest BCUT2D eigenvalue weighted by molar-refractivity contribution is -0.117. The van der Waals surface area contributed by atoms with Gasteiger partial charge in [0.1, 0.15) is 30.7 Å². The van der Waals surface area contributed by atoms with Crippen molar-refractivity contribution in [3.63, 3.8) is 0 Å². The number of fused-ring (bicyclic) bond motifs is 1. The van der Waals surface area contributed by atoms with Crippen LogP contribution in [0.15, 0.2) is 41.2 Å². The van der Waals surface area contributed by atoms with E-state index in [9.17, 15) is 23.2 Å². The Morgan fingerprint density at radius 1 is 1.06 bits per heavy atom. The number of ether oxygens (including phenoxy) is 1. The highest BCUT2D eigenvalue weighted by Gasteiger charge is 2.31. The van der Waals surface area contributed by atoms with Crippen LogP contribution in [0, 0.1) is 18.6 Å². The Kier molecular flexibility index (Phi) is 6.09. The third-order valence-electron chi connectivity index (χ3n) is 5.39. The molecule has 0 radical (unpaired) electrons. The van der Waals surface area contributed by atoms with E-state index in [1.165, 1.54) is 34.3 Å². The van der Waals surface area contributed by atoms with E-state index in [1.807, 2.05) is 0 Å². The smallest absolute Gasteiger partial charge is 0.280 e. The van der Waals surface area contributed by atoms with Crippen molar-refractivity contribution in [3.8, 4) is 11.6 Å². The van der Waals surface area contributed by atoms with Gasteiger partial charge < -0.3 is 4.74 Å². The monoisotopic (exact) mass is 488 g/mol. The molecule has 1 aliphatic rings. The average molecular weight is 489 g/mol. The first-order valence-corrected chi connectivity index (χ1v) is 10.5. The number of halogens is 3. The lowest BCUT2D eigenvalue weighted by Gasteiger charge is -2.16. The zero-order valence-corrected chi connectivity index (χ0v) is 19.2. The number of amides is 2. The first-order chi connectivity index (χ1) is 16.1. The van der Waals surface area contributed by atoms with Crippen molar-refractivity contribution < 1.29 is 23.1 Å². The maximum atomic E-state index is 13.9. The fourth-order valence-electron chi connectivity index (χ4n) is 3.69. The summed E-state index contributed by atoms with van der Waals surface area (Å²) in [6.45, 7) is 4.10. The van der Waals surface area contributed by atoms with E-state index in [0.717, 1.165) is 12.1 Å². The quantitative estimate of drug-likeness (QED) is 0.558. The first-order valence-electron chi connectivity index (χ1n) is 10.1. The average Bonchev–Trinajstić information content (AvgIpc) is 3.16. The van der Waals surface area contributed by atoms with Crippen LogP contribution in [0.25, 0.3) is 5.69 Å². The number of nitrogens with zero attached hydrogens (tertiary/aromatic N) is 4. The molecule has 2 amide bonds. The molecule has 0 aliphatic carbocycles. The van der Waals surface area contributed by atoms with Crippen LogP contribution in [0.3, 0.4) is 0 Å². The van der Waals surface area contributed by atoms with E-state index in [2.05, 4.69) is 4.98 Å². The summed E-state index contributed by atoms with van der Waals surface area (Å²) < 4.78 is 33.7. The summed E-state index contributed by atoms with van der Waals surface area (Å²) in [4.78, 5) is 44.3. The van der Waals surface area contributed by atoms with Crippen molar-refractivity contribution in [1.29, 1.82) is 0 Å². The molecule has 1 aliphatic heterocycles. The molecule has 3 aromatic rings. The number of aromatic nitrogens is 2. The van der Waals surface area contributed by atoms with Gasteiger partial charge in [0.2, 0.25) is 17.7 Å². The minimum Gasteiger partial charge on any atom is -0.471 e. The van der Waals surface area contributed by atoms with Gasteiger partial charge in [-0.15, -0.1) is 0 Å². The zero-order chi connectivity index (χ0) is 24.7. The maximum absolute atomic E-state index is 13.9. The van der Waals surface area contributed by atoms with Gasteiger partial charge in [-0.25, -0.2) is 8.78 Å². The minimum absolute atomic E-state index is 0.0686. The van der Waals surface area contributed by atoms with Crippen molar-refractivity contribution in [3.05, 3.63) is 74.8 Å². The topological polar surface area (TPSA) is 84.7 Å². The summed E-state index contributed by atoms with van der Waals surface area (Å²) in [5, 5.41) is -0.331. The Hall–Kier alpha value is -3.79. The minimum atomic E-state index is -0.797. The van der Waals surface area contributed by atoms with Gasteiger partial charge in [-0.1, -0.05) is 11.6 Å². The molecule has 0 bridgehead atoms. The van der Waals surface area contributed by atoms with Crippen LogP contribution in [-0.2, 0) is 16.2 Å². The van der Waals surface area contributed by atoms with E-state index >= 15 is 0 Å². The van der Waals surface area contributed by atoms with Crippen LogP contribution < -0.4 is 20.1 Å². The number of benzene rings is 2. The lowest BCUT2D eigenvalue weighted by Crippen LogP contribution is -2.36. The van der Waals surface area contributed by atoms with E-state index in [4.69, 9.17) is 16.3 Å².